The van der Waals surface area contributed by atoms with Crippen molar-refractivity contribution < 1.29 is 8.83 Å². The summed E-state index contributed by atoms with van der Waals surface area (Å²) in [6, 6.07) is 18.5. The first-order valence-electron chi connectivity index (χ1n) is 7.04. The van der Waals surface area contributed by atoms with E-state index in [1.165, 1.54) is 10.9 Å². The number of para-hydroxylation sites is 1. The van der Waals surface area contributed by atoms with Crippen molar-refractivity contribution >= 4 is 43.9 Å². The van der Waals surface area contributed by atoms with Crippen LogP contribution >= 0.6 is 0 Å². The topological polar surface area (TPSA) is 26.3 Å². The second kappa shape index (κ2) is 3.67. The summed E-state index contributed by atoms with van der Waals surface area (Å²) in [7, 11) is 0. The van der Waals surface area contributed by atoms with Crippen LogP contribution in [0.15, 0.2) is 63.4 Å². The van der Waals surface area contributed by atoms with Crippen molar-refractivity contribution in [2.75, 3.05) is 0 Å². The molecular weight excluding hydrogens is 260 g/mol. The molecule has 0 amide bonds. The molecule has 5 aromatic rings. The van der Waals surface area contributed by atoms with Gasteiger partial charge in [0, 0.05) is 21.5 Å². The molecule has 0 fully saturated rings. The van der Waals surface area contributed by atoms with Crippen LogP contribution < -0.4 is 0 Å². The largest absolute Gasteiger partial charge is 0.456 e. The van der Waals surface area contributed by atoms with Crippen molar-refractivity contribution in [2.45, 2.75) is 6.92 Å². The molecule has 2 nitrogen and oxygen atoms in total. The summed E-state index contributed by atoms with van der Waals surface area (Å²) in [6.45, 7) is 2.11. The molecule has 0 bridgehead atoms. The van der Waals surface area contributed by atoms with E-state index in [0.29, 0.717) is 0 Å². The minimum Gasteiger partial charge on any atom is -0.456 e. The van der Waals surface area contributed by atoms with Gasteiger partial charge < -0.3 is 8.83 Å². The van der Waals surface area contributed by atoms with Gasteiger partial charge in [0.25, 0.3) is 0 Å². The first kappa shape index (κ1) is 11.0. The van der Waals surface area contributed by atoms with Crippen LogP contribution in [-0.2, 0) is 0 Å². The molecule has 0 aliphatic rings. The highest BCUT2D eigenvalue weighted by molar-refractivity contribution is 6.15. The maximum Gasteiger partial charge on any atom is 0.136 e. The van der Waals surface area contributed by atoms with Gasteiger partial charge in [-0.05, 0) is 36.8 Å². The molecule has 2 heterocycles. The van der Waals surface area contributed by atoms with E-state index in [4.69, 9.17) is 8.83 Å². The fraction of sp³-hybridized carbons (Fsp3) is 0.0526. The second-order valence-electron chi connectivity index (χ2n) is 5.49. The normalized spacial score (nSPS) is 12.0. The van der Waals surface area contributed by atoms with E-state index in [2.05, 4.69) is 31.2 Å². The lowest BCUT2D eigenvalue weighted by Crippen LogP contribution is -1.73. The van der Waals surface area contributed by atoms with E-state index in [1.54, 1.807) is 0 Å². The molecule has 3 aromatic carbocycles. The molecular formula is C19H12O2. The van der Waals surface area contributed by atoms with E-state index in [1.807, 2.05) is 30.3 Å². The molecule has 0 unspecified atom stereocenters. The molecule has 2 heteroatoms. The van der Waals surface area contributed by atoms with Crippen molar-refractivity contribution in [3.8, 4) is 0 Å². The van der Waals surface area contributed by atoms with Gasteiger partial charge in [0.05, 0.1) is 0 Å². The third kappa shape index (κ3) is 1.37. The van der Waals surface area contributed by atoms with Gasteiger partial charge in [0.2, 0.25) is 0 Å². The molecule has 0 saturated carbocycles. The van der Waals surface area contributed by atoms with Crippen LogP contribution in [0, 0.1) is 6.92 Å². The Labute approximate surface area is 120 Å². The Bertz CT molecular complexity index is 1140. The van der Waals surface area contributed by atoms with Gasteiger partial charge in [-0.1, -0.05) is 30.3 Å². The molecule has 0 spiro atoms. The maximum absolute atomic E-state index is 6.02. The molecule has 21 heavy (non-hydrogen) atoms. The van der Waals surface area contributed by atoms with Crippen LogP contribution in [0.2, 0.25) is 0 Å². The third-order valence-electron chi connectivity index (χ3n) is 4.20. The summed E-state index contributed by atoms with van der Waals surface area (Å²) in [6.07, 6.45) is 0. The molecule has 0 aliphatic carbocycles. The summed E-state index contributed by atoms with van der Waals surface area (Å²) < 4.78 is 12.0. The number of furan rings is 2. The Hall–Kier alpha value is -2.74. The fourth-order valence-corrected chi connectivity index (χ4v) is 3.22. The number of fused-ring (bicyclic) bond motifs is 6. The quantitative estimate of drug-likeness (QED) is 0.356. The summed E-state index contributed by atoms with van der Waals surface area (Å²) in [4.78, 5) is 0. The number of aryl methyl sites for hydroxylation is 1. The SMILES string of the molecule is Cc1cccc2oc3cc4c(cc3c12)oc1ccccc14. The fourth-order valence-electron chi connectivity index (χ4n) is 3.22. The predicted octanol–water partition coefficient (Wildman–Crippen LogP) is 5.79. The number of hydrogen-bond acceptors (Lipinski definition) is 2. The van der Waals surface area contributed by atoms with Crippen molar-refractivity contribution in [3.63, 3.8) is 0 Å². The van der Waals surface area contributed by atoms with Gasteiger partial charge in [-0.15, -0.1) is 0 Å². The van der Waals surface area contributed by atoms with E-state index in [-0.39, 0.29) is 0 Å². The Balaban J connectivity index is 2.05. The van der Waals surface area contributed by atoms with E-state index in [0.717, 1.165) is 38.5 Å². The third-order valence-corrected chi connectivity index (χ3v) is 4.20. The van der Waals surface area contributed by atoms with Crippen molar-refractivity contribution in [1.29, 1.82) is 0 Å². The first-order chi connectivity index (χ1) is 10.3. The zero-order valence-electron chi connectivity index (χ0n) is 11.5. The average Bonchev–Trinajstić information content (AvgIpc) is 3.03. The Morgan fingerprint density at radius 2 is 1.33 bits per heavy atom. The lowest BCUT2D eigenvalue weighted by Gasteiger charge is -1.94. The summed E-state index contributed by atoms with van der Waals surface area (Å²) in [5.74, 6) is 0. The number of rotatable bonds is 0. The molecule has 0 aliphatic heterocycles. The zero-order chi connectivity index (χ0) is 14.0. The number of benzene rings is 3. The Morgan fingerprint density at radius 3 is 2.29 bits per heavy atom. The van der Waals surface area contributed by atoms with Gasteiger partial charge >= 0.3 is 0 Å². The van der Waals surface area contributed by atoms with Crippen LogP contribution in [0.5, 0.6) is 0 Å². The minimum absolute atomic E-state index is 0.912. The van der Waals surface area contributed by atoms with Gasteiger partial charge in [-0.2, -0.15) is 0 Å². The van der Waals surface area contributed by atoms with Crippen LogP contribution in [0.1, 0.15) is 5.56 Å². The Kier molecular flexibility index (Phi) is 1.92. The molecule has 0 N–H and O–H groups in total. The summed E-state index contributed by atoms with van der Waals surface area (Å²) in [5.41, 5.74) is 4.90. The second-order valence-corrected chi connectivity index (χ2v) is 5.49. The van der Waals surface area contributed by atoms with E-state index in [9.17, 15) is 0 Å². The molecule has 0 saturated heterocycles. The van der Waals surface area contributed by atoms with Gasteiger partial charge in [0.15, 0.2) is 0 Å². The molecule has 0 atom stereocenters. The zero-order valence-corrected chi connectivity index (χ0v) is 11.5. The van der Waals surface area contributed by atoms with Crippen LogP contribution in [0.3, 0.4) is 0 Å². The number of hydrogen-bond donors (Lipinski definition) is 0. The maximum atomic E-state index is 6.02. The van der Waals surface area contributed by atoms with Crippen LogP contribution in [0.4, 0.5) is 0 Å². The predicted molar refractivity (Wildman–Crippen MR) is 85.7 cm³/mol. The monoisotopic (exact) mass is 272 g/mol. The highest BCUT2D eigenvalue weighted by Crippen LogP contribution is 2.37. The molecule has 100 valence electrons. The summed E-state index contributed by atoms with van der Waals surface area (Å²) >= 11 is 0. The molecule has 5 rings (SSSR count). The molecule has 2 aromatic heterocycles. The average molecular weight is 272 g/mol. The van der Waals surface area contributed by atoms with E-state index < -0.39 is 0 Å². The molecule has 0 radical (unpaired) electrons. The Morgan fingerprint density at radius 1 is 0.619 bits per heavy atom. The smallest absolute Gasteiger partial charge is 0.136 e. The lowest BCUT2D eigenvalue weighted by atomic mass is 10.1. The van der Waals surface area contributed by atoms with Crippen molar-refractivity contribution in [2.24, 2.45) is 0 Å². The highest BCUT2D eigenvalue weighted by Gasteiger charge is 2.13. The van der Waals surface area contributed by atoms with Crippen molar-refractivity contribution in [3.05, 3.63) is 60.2 Å². The van der Waals surface area contributed by atoms with Gasteiger partial charge in [-0.25, -0.2) is 0 Å². The van der Waals surface area contributed by atoms with Crippen LogP contribution in [0.25, 0.3) is 43.9 Å². The van der Waals surface area contributed by atoms with Crippen LogP contribution in [-0.4, -0.2) is 0 Å². The lowest BCUT2D eigenvalue weighted by molar-refractivity contribution is 0.664. The van der Waals surface area contributed by atoms with Gasteiger partial charge in [-0.3, -0.25) is 0 Å². The standard InChI is InChI=1S/C19H12O2/c1-11-5-4-8-16-19(11)14-10-17-13(9-18(14)21-16)12-6-2-3-7-15(12)20-17/h2-10H,1H3. The summed E-state index contributed by atoms with van der Waals surface area (Å²) in [5, 5.41) is 4.53. The minimum atomic E-state index is 0.912. The van der Waals surface area contributed by atoms with Crippen molar-refractivity contribution in [1.82, 2.24) is 0 Å². The van der Waals surface area contributed by atoms with E-state index >= 15 is 0 Å². The highest BCUT2D eigenvalue weighted by atomic mass is 16.3. The van der Waals surface area contributed by atoms with Gasteiger partial charge in [0.1, 0.15) is 22.3 Å². The first-order valence-corrected chi connectivity index (χ1v) is 7.04.